The van der Waals surface area contributed by atoms with Gasteiger partial charge < -0.3 is 9.73 Å². The molecule has 1 fully saturated rings. The number of benzene rings is 2. The molecule has 1 N–H and O–H groups in total. The highest BCUT2D eigenvalue weighted by Crippen LogP contribution is 2.43. The van der Waals surface area contributed by atoms with Crippen LogP contribution in [0.3, 0.4) is 0 Å². The number of rotatable bonds is 4. The van der Waals surface area contributed by atoms with Gasteiger partial charge in [0, 0.05) is 17.2 Å². The highest BCUT2D eigenvalue weighted by molar-refractivity contribution is 6.05. The van der Waals surface area contributed by atoms with Crippen LogP contribution in [0.1, 0.15) is 37.7 Å². The summed E-state index contributed by atoms with van der Waals surface area (Å²) in [4.78, 5) is 9.10. The van der Waals surface area contributed by atoms with Crippen molar-refractivity contribution < 1.29 is 4.42 Å². The zero-order valence-electron chi connectivity index (χ0n) is 16.7. The first-order valence-electron chi connectivity index (χ1n) is 10.5. The predicted molar refractivity (Wildman–Crippen MR) is 118 cm³/mol. The van der Waals surface area contributed by atoms with E-state index in [1.807, 2.05) is 18.2 Å². The van der Waals surface area contributed by atoms with Crippen LogP contribution in [0, 0.1) is 6.92 Å². The van der Waals surface area contributed by atoms with Gasteiger partial charge in [0.05, 0.1) is 5.39 Å². The minimum atomic E-state index is 0.461. The summed E-state index contributed by atoms with van der Waals surface area (Å²) < 4.78 is 6.31. The standard InChI is InChI=1S/C25H25N3O/c1-17-12-14-18(15-13-17)21-22-24(28-20-10-6-3-7-11-20)26-16-27-25(22)29-23(21)19-8-4-2-5-9-19/h2,4-5,8-9,12-16,20H,3,6-7,10-11H2,1H3,(H,26,27,28). The minimum absolute atomic E-state index is 0.461. The molecule has 4 nitrogen and oxygen atoms in total. The fourth-order valence-corrected chi connectivity index (χ4v) is 4.27. The van der Waals surface area contributed by atoms with E-state index in [0.29, 0.717) is 11.8 Å². The van der Waals surface area contributed by atoms with Gasteiger partial charge in [-0.25, -0.2) is 9.97 Å². The molecule has 0 aliphatic heterocycles. The molecular formula is C25H25N3O. The first kappa shape index (κ1) is 17.9. The second-order valence-electron chi connectivity index (χ2n) is 7.92. The van der Waals surface area contributed by atoms with Gasteiger partial charge in [-0.2, -0.15) is 0 Å². The van der Waals surface area contributed by atoms with Crippen molar-refractivity contribution in [3.63, 3.8) is 0 Å². The molecule has 29 heavy (non-hydrogen) atoms. The maximum absolute atomic E-state index is 6.31. The molecule has 0 spiro atoms. The van der Waals surface area contributed by atoms with Gasteiger partial charge in [0.15, 0.2) is 0 Å². The molecule has 146 valence electrons. The Balaban J connectivity index is 1.71. The van der Waals surface area contributed by atoms with Crippen LogP contribution in [0.15, 0.2) is 65.3 Å². The molecule has 1 aliphatic carbocycles. The van der Waals surface area contributed by atoms with Gasteiger partial charge in [0.1, 0.15) is 17.9 Å². The van der Waals surface area contributed by atoms with E-state index in [0.717, 1.165) is 33.7 Å². The minimum Gasteiger partial charge on any atom is -0.437 e. The summed E-state index contributed by atoms with van der Waals surface area (Å²) >= 11 is 0. The van der Waals surface area contributed by atoms with E-state index >= 15 is 0 Å². The average molecular weight is 383 g/mol. The number of hydrogen-bond acceptors (Lipinski definition) is 4. The maximum Gasteiger partial charge on any atom is 0.232 e. The summed E-state index contributed by atoms with van der Waals surface area (Å²) in [6.45, 7) is 2.11. The van der Waals surface area contributed by atoms with E-state index in [2.05, 4.69) is 58.6 Å². The van der Waals surface area contributed by atoms with Crippen LogP contribution in [-0.4, -0.2) is 16.0 Å². The van der Waals surface area contributed by atoms with Crippen molar-refractivity contribution in [3.8, 4) is 22.5 Å². The van der Waals surface area contributed by atoms with E-state index in [1.54, 1.807) is 6.33 Å². The molecule has 4 heteroatoms. The number of anilines is 1. The van der Waals surface area contributed by atoms with Gasteiger partial charge >= 0.3 is 0 Å². The third-order valence-electron chi connectivity index (χ3n) is 5.81. The van der Waals surface area contributed by atoms with Crippen molar-refractivity contribution in [2.45, 2.75) is 45.1 Å². The molecule has 2 heterocycles. The van der Waals surface area contributed by atoms with Crippen molar-refractivity contribution in [2.24, 2.45) is 0 Å². The summed E-state index contributed by atoms with van der Waals surface area (Å²) in [5.74, 6) is 1.72. The Hall–Kier alpha value is -3.14. The fourth-order valence-electron chi connectivity index (χ4n) is 4.27. The summed E-state index contributed by atoms with van der Waals surface area (Å²) in [7, 11) is 0. The number of nitrogens with zero attached hydrogens (tertiary/aromatic N) is 2. The zero-order valence-corrected chi connectivity index (χ0v) is 16.7. The van der Waals surface area contributed by atoms with Crippen LogP contribution in [0.25, 0.3) is 33.6 Å². The molecule has 0 atom stereocenters. The average Bonchev–Trinajstić information content (AvgIpc) is 3.16. The number of nitrogens with one attached hydrogen (secondary N) is 1. The Morgan fingerprint density at radius 2 is 1.62 bits per heavy atom. The second kappa shape index (κ2) is 7.70. The predicted octanol–water partition coefficient (Wildman–Crippen LogP) is 6.61. The summed E-state index contributed by atoms with van der Waals surface area (Å²) in [6.07, 6.45) is 7.86. The number of aromatic nitrogens is 2. The van der Waals surface area contributed by atoms with Crippen molar-refractivity contribution in [1.29, 1.82) is 0 Å². The van der Waals surface area contributed by atoms with Gasteiger partial charge in [-0.1, -0.05) is 79.4 Å². The highest BCUT2D eigenvalue weighted by atomic mass is 16.3. The first-order chi connectivity index (χ1) is 14.3. The molecule has 0 unspecified atom stereocenters. The number of fused-ring (bicyclic) bond motifs is 1. The van der Waals surface area contributed by atoms with Crippen LogP contribution in [0.5, 0.6) is 0 Å². The summed E-state index contributed by atoms with van der Waals surface area (Å²) in [5.41, 5.74) is 5.09. The zero-order chi connectivity index (χ0) is 19.6. The van der Waals surface area contributed by atoms with Crippen molar-refractivity contribution >= 4 is 16.9 Å². The smallest absolute Gasteiger partial charge is 0.232 e. The molecule has 0 amide bonds. The summed E-state index contributed by atoms with van der Waals surface area (Å²) in [6, 6.07) is 19.3. The Bertz CT molecular complexity index is 1110. The fraction of sp³-hybridized carbons (Fsp3) is 0.280. The molecule has 4 aromatic rings. The maximum atomic E-state index is 6.31. The van der Waals surface area contributed by atoms with Gasteiger partial charge in [-0.3, -0.25) is 0 Å². The van der Waals surface area contributed by atoms with Crippen LogP contribution in [-0.2, 0) is 0 Å². The van der Waals surface area contributed by atoms with Crippen molar-refractivity contribution in [1.82, 2.24) is 9.97 Å². The van der Waals surface area contributed by atoms with Crippen LogP contribution in [0.2, 0.25) is 0 Å². The van der Waals surface area contributed by atoms with Gasteiger partial charge in [0.2, 0.25) is 5.71 Å². The van der Waals surface area contributed by atoms with Gasteiger partial charge in [-0.15, -0.1) is 0 Å². The number of aryl methyl sites for hydroxylation is 1. The Morgan fingerprint density at radius 1 is 0.862 bits per heavy atom. The first-order valence-corrected chi connectivity index (χ1v) is 10.5. The molecule has 1 aliphatic rings. The van der Waals surface area contributed by atoms with E-state index in [9.17, 15) is 0 Å². The lowest BCUT2D eigenvalue weighted by atomic mass is 9.95. The third kappa shape index (κ3) is 3.51. The van der Waals surface area contributed by atoms with E-state index in [4.69, 9.17) is 4.42 Å². The third-order valence-corrected chi connectivity index (χ3v) is 5.81. The normalized spacial score (nSPS) is 14.9. The van der Waals surface area contributed by atoms with Crippen LogP contribution in [0.4, 0.5) is 5.82 Å². The van der Waals surface area contributed by atoms with Crippen LogP contribution >= 0.6 is 0 Å². The Morgan fingerprint density at radius 3 is 2.38 bits per heavy atom. The topological polar surface area (TPSA) is 51.0 Å². The lowest BCUT2D eigenvalue weighted by molar-refractivity contribution is 0.462. The van der Waals surface area contributed by atoms with Crippen molar-refractivity contribution in [3.05, 3.63) is 66.5 Å². The molecule has 0 bridgehead atoms. The monoisotopic (exact) mass is 383 g/mol. The van der Waals surface area contributed by atoms with E-state index < -0.39 is 0 Å². The second-order valence-corrected chi connectivity index (χ2v) is 7.92. The Kier molecular flexibility index (Phi) is 4.76. The van der Waals surface area contributed by atoms with Gasteiger partial charge in [0.25, 0.3) is 0 Å². The van der Waals surface area contributed by atoms with Crippen molar-refractivity contribution in [2.75, 3.05) is 5.32 Å². The van der Waals surface area contributed by atoms with E-state index in [-0.39, 0.29) is 0 Å². The molecular weight excluding hydrogens is 358 g/mol. The molecule has 0 radical (unpaired) electrons. The van der Waals surface area contributed by atoms with Gasteiger partial charge in [-0.05, 0) is 25.3 Å². The molecule has 0 saturated heterocycles. The lowest BCUT2D eigenvalue weighted by Gasteiger charge is -2.23. The molecule has 5 rings (SSSR count). The molecule has 1 saturated carbocycles. The SMILES string of the molecule is Cc1ccc(-c2c(-c3ccccc3)oc3ncnc(NC4CCCCC4)c23)cc1. The molecule has 2 aromatic heterocycles. The quantitative estimate of drug-likeness (QED) is 0.431. The number of hydrogen-bond donors (Lipinski definition) is 1. The summed E-state index contributed by atoms with van der Waals surface area (Å²) in [5, 5.41) is 4.67. The highest BCUT2D eigenvalue weighted by Gasteiger charge is 2.23. The van der Waals surface area contributed by atoms with E-state index in [1.165, 1.54) is 37.7 Å². The number of furan rings is 1. The lowest BCUT2D eigenvalue weighted by Crippen LogP contribution is -2.23. The largest absolute Gasteiger partial charge is 0.437 e. The Labute approximate surface area is 171 Å². The van der Waals surface area contributed by atoms with Crippen LogP contribution < -0.4 is 5.32 Å². The molecule has 2 aromatic carbocycles.